The van der Waals surface area contributed by atoms with E-state index < -0.39 is 0 Å². The maximum atomic E-state index is 13.1. The number of hydrogen-bond acceptors (Lipinski definition) is 2. The predicted molar refractivity (Wildman–Crippen MR) is 59.3 cm³/mol. The molecule has 0 atom stereocenters. The molecule has 0 aliphatic carbocycles. The Morgan fingerprint density at radius 1 is 1.60 bits per heavy atom. The van der Waals surface area contributed by atoms with Crippen molar-refractivity contribution in [2.75, 3.05) is 19.0 Å². The summed E-state index contributed by atoms with van der Waals surface area (Å²) in [5, 5.41) is 2.62. The Bertz CT molecular complexity index is 382. The van der Waals surface area contributed by atoms with Crippen molar-refractivity contribution in [3.05, 3.63) is 28.0 Å². The average molecular weight is 276 g/mol. The van der Waals surface area contributed by atoms with Crippen LogP contribution in [-0.2, 0) is 9.53 Å². The average Bonchev–Trinajstić information content (AvgIpc) is 2.14. The number of carbonyl (C=O) groups is 1. The van der Waals surface area contributed by atoms with Gasteiger partial charge in [0.05, 0.1) is 4.47 Å². The first-order valence-corrected chi connectivity index (χ1v) is 5.08. The molecular weight excluding hydrogens is 265 g/mol. The number of aryl methyl sites for hydroxylation is 1. The van der Waals surface area contributed by atoms with E-state index >= 15 is 0 Å². The van der Waals surface area contributed by atoms with Crippen LogP contribution in [0, 0.1) is 12.7 Å². The maximum absolute atomic E-state index is 13.1. The molecule has 15 heavy (non-hydrogen) atoms. The summed E-state index contributed by atoms with van der Waals surface area (Å²) in [4.78, 5) is 11.2. The van der Waals surface area contributed by atoms with Crippen LogP contribution in [0.4, 0.5) is 10.1 Å². The molecule has 1 rings (SSSR count). The smallest absolute Gasteiger partial charge is 0.250 e. The molecule has 0 saturated heterocycles. The van der Waals surface area contributed by atoms with Gasteiger partial charge in [0.25, 0.3) is 0 Å². The second-order valence-electron chi connectivity index (χ2n) is 3.06. The highest BCUT2D eigenvalue weighted by molar-refractivity contribution is 9.10. The van der Waals surface area contributed by atoms with Gasteiger partial charge >= 0.3 is 0 Å². The van der Waals surface area contributed by atoms with E-state index in [4.69, 9.17) is 0 Å². The Kier molecular flexibility index (Phi) is 4.23. The lowest BCUT2D eigenvalue weighted by Gasteiger charge is -2.08. The lowest BCUT2D eigenvalue weighted by Crippen LogP contribution is -2.17. The first kappa shape index (κ1) is 12.1. The number of rotatable bonds is 3. The molecule has 3 nitrogen and oxygen atoms in total. The third-order valence-electron chi connectivity index (χ3n) is 1.82. The molecule has 0 bridgehead atoms. The molecule has 0 aromatic heterocycles. The summed E-state index contributed by atoms with van der Waals surface area (Å²) in [6.45, 7) is 1.70. The number of benzene rings is 1. The number of hydrogen-bond donors (Lipinski definition) is 1. The van der Waals surface area contributed by atoms with Crippen molar-refractivity contribution in [3.8, 4) is 0 Å². The highest BCUT2D eigenvalue weighted by Gasteiger charge is 2.07. The molecule has 0 aliphatic heterocycles. The van der Waals surface area contributed by atoms with Crippen molar-refractivity contribution in [1.29, 1.82) is 0 Å². The zero-order valence-electron chi connectivity index (χ0n) is 8.43. The van der Waals surface area contributed by atoms with Crippen molar-refractivity contribution < 1.29 is 13.9 Å². The molecule has 82 valence electrons. The third-order valence-corrected chi connectivity index (χ3v) is 2.42. The van der Waals surface area contributed by atoms with Gasteiger partial charge in [-0.25, -0.2) is 4.39 Å². The van der Waals surface area contributed by atoms with E-state index in [9.17, 15) is 9.18 Å². The molecule has 1 aromatic carbocycles. The summed E-state index contributed by atoms with van der Waals surface area (Å²) in [6.07, 6.45) is 0. The number of halogens is 2. The van der Waals surface area contributed by atoms with Gasteiger partial charge in [0.2, 0.25) is 5.91 Å². The van der Waals surface area contributed by atoms with Crippen molar-refractivity contribution in [3.63, 3.8) is 0 Å². The van der Waals surface area contributed by atoms with Gasteiger partial charge in [0.15, 0.2) is 0 Å². The minimum absolute atomic E-state index is 0.0194. The fourth-order valence-corrected chi connectivity index (χ4v) is 1.44. The second kappa shape index (κ2) is 5.23. The third kappa shape index (κ3) is 3.28. The summed E-state index contributed by atoms with van der Waals surface area (Å²) < 4.78 is 18.1. The van der Waals surface area contributed by atoms with E-state index in [2.05, 4.69) is 26.0 Å². The summed E-state index contributed by atoms with van der Waals surface area (Å²) in [7, 11) is 1.44. The Balaban J connectivity index is 2.86. The molecule has 0 unspecified atom stereocenters. The predicted octanol–water partition coefficient (Wildman–Crippen LogP) is 2.48. The quantitative estimate of drug-likeness (QED) is 0.921. The SMILES string of the molecule is COCC(=O)Nc1cc(Br)c(F)cc1C. The molecule has 0 spiro atoms. The lowest BCUT2D eigenvalue weighted by atomic mass is 10.2. The monoisotopic (exact) mass is 275 g/mol. The number of ether oxygens (including phenoxy) is 1. The maximum Gasteiger partial charge on any atom is 0.250 e. The summed E-state index contributed by atoms with van der Waals surface area (Å²) in [5.41, 5.74) is 1.24. The second-order valence-corrected chi connectivity index (χ2v) is 3.92. The largest absolute Gasteiger partial charge is 0.375 e. The summed E-state index contributed by atoms with van der Waals surface area (Å²) >= 11 is 3.05. The normalized spacial score (nSPS) is 10.1. The van der Waals surface area contributed by atoms with E-state index in [0.29, 0.717) is 15.7 Å². The molecule has 1 N–H and O–H groups in total. The van der Waals surface area contributed by atoms with E-state index in [1.807, 2.05) is 0 Å². The van der Waals surface area contributed by atoms with E-state index in [1.54, 1.807) is 6.92 Å². The van der Waals surface area contributed by atoms with Crippen LogP contribution in [0.25, 0.3) is 0 Å². The Hall–Kier alpha value is -0.940. The summed E-state index contributed by atoms with van der Waals surface area (Å²) in [6, 6.07) is 2.88. The van der Waals surface area contributed by atoms with Crippen molar-refractivity contribution in [2.24, 2.45) is 0 Å². The highest BCUT2D eigenvalue weighted by atomic mass is 79.9. The van der Waals surface area contributed by atoms with E-state index in [1.165, 1.54) is 19.2 Å². The zero-order valence-corrected chi connectivity index (χ0v) is 10.0. The number of amides is 1. The van der Waals surface area contributed by atoms with Crippen molar-refractivity contribution >= 4 is 27.5 Å². The van der Waals surface area contributed by atoms with Gasteiger partial charge < -0.3 is 10.1 Å². The Morgan fingerprint density at radius 3 is 2.87 bits per heavy atom. The molecule has 0 radical (unpaired) electrons. The van der Waals surface area contributed by atoms with E-state index in [0.717, 1.165) is 0 Å². The number of methoxy groups -OCH3 is 1. The minimum atomic E-state index is -0.350. The van der Waals surface area contributed by atoms with Gasteiger partial charge in [-0.3, -0.25) is 4.79 Å². The molecule has 1 aromatic rings. The number of anilines is 1. The minimum Gasteiger partial charge on any atom is -0.375 e. The van der Waals surface area contributed by atoms with E-state index in [-0.39, 0.29) is 18.3 Å². The van der Waals surface area contributed by atoms with Crippen LogP contribution >= 0.6 is 15.9 Å². The van der Waals surface area contributed by atoms with Crippen LogP contribution in [0.3, 0.4) is 0 Å². The topological polar surface area (TPSA) is 38.3 Å². The van der Waals surface area contributed by atoms with Gasteiger partial charge in [-0.1, -0.05) is 0 Å². The number of carbonyl (C=O) groups excluding carboxylic acids is 1. The van der Waals surface area contributed by atoms with Crippen LogP contribution in [0.2, 0.25) is 0 Å². The zero-order chi connectivity index (χ0) is 11.4. The summed E-state index contributed by atoms with van der Waals surface area (Å²) in [5.74, 6) is -0.614. The molecule has 0 saturated carbocycles. The Labute approximate surface area is 95.7 Å². The molecule has 1 amide bonds. The number of nitrogens with one attached hydrogen (secondary N) is 1. The van der Waals surface area contributed by atoms with Gasteiger partial charge in [0.1, 0.15) is 12.4 Å². The van der Waals surface area contributed by atoms with Crippen molar-refractivity contribution in [1.82, 2.24) is 0 Å². The van der Waals surface area contributed by atoms with Crippen molar-refractivity contribution in [2.45, 2.75) is 6.92 Å². The van der Waals surface area contributed by atoms with Crippen LogP contribution < -0.4 is 5.32 Å². The molecular formula is C10H11BrFNO2. The first-order valence-electron chi connectivity index (χ1n) is 4.29. The molecule has 0 aliphatic rings. The van der Waals surface area contributed by atoms with Gasteiger partial charge in [-0.2, -0.15) is 0 Å². The van der Waals surface area contributed by atoms with Crippen LogP contribution in [0.1, 0.15) is 5.56 Å². The molecule has 0 fully saturated rings. The Morgan fingerprint density at radius 2 is 2.27 bits per heavy atom. The fraction of sp³-hybridized carbons (Fsp3) is 0.300. The molecule has 0 heterocycles. The standard InChI is InChI=1S/C10H11BrFNO2/c1-6-3-8(12)7(11)4-9(6)13-10(14)5-15-2/h3-4H,5H2,1-2H3,(H,13,14). The fourth-order valence-electron chi connectivity index (χ4n) is 1.10. The first-order chi connectivity index (χ1) is 7.04. The highest BCUT2D eigenvalue weighted by Crippen LogP contribution is 2.24. The van der Waals surface area contributed by atoms with Crippen LogP contribution in [0.15, 0.2) is 16.6 Å². The van der Waals surface area contributed by atoms with Gasteiger partial charge in [-0.15, -0.1) is 0 Å². The van der Waals surface area contributed by atoms with Gasteiger partial charge in [-0.05, 0) is 40.5 Å². The lowest BCUT2D eigenvalue weighted by molar-refractivity contribution is -0.119. The van der Waals surface area contributed by atoms with Crippen LogP contribution in [0.5, 0.6) is 0 Å². The van der Waals surface area contributed by atoms with Crippen LogP contribution in [-0.4, -0.2) is 19.6 Å². The van der Waals surface area contributed by atoms with Gasteiger partial charge in [0, 0.05) is 12.8 Å². The molecule has 5 heteroatoms.